The molecule has 13 heteroatoms. The molecule has 0 saturated heterocycles. The summed E-state index contributed by atoms with van der Waals surface area (Å²) in [4.78, 5) is 3.06. The van der Waals surface area contributed by atoms with Crippen molar-refractivity contribution in [2.75, 3.05) is 10.0 Å². The second-order valence-corrected chi connectivity index (χ2v) is 8.95. The molecule has 0 aliphatic heterocycles. The van der Waals surface area contributed by atoms with Gasteiger partial charge in [0.15, 0.2) is 5.82 Å². The maximum atomic E-state index is 14.6. The third kappa shape index (κ3) is 5.57. The second kappa shape index (κ2) is 9.28. The van der Waals surface area contributed by atoms with E-state index in [9.17, 15) is 26.0 Å². The van der Waals surface area contributed by atoms with Gasteiger partial charge in [-0.05, 0) is 37.3 Å². The number of hydrogen-bond acceptors (Lipinski definition) is 6. The Labute approximate surface area is 183 Å². The van der Waals surface area contributed by atoms with E-state index in [1.165, 1.54) is 17.8 Å². The van der Waals surface area contributed by atoms with Gasteiger partial charge in [-0.15, -0.1) is 11.3 Å². The number of aromatic nitrogens is 1. The standard InChI is InChI=1S/C18H14ClF4N3O3S2/c1-9(11-4-10(29-18(22)23)2-3-13(11)20)25-15-6-14(21)16(5-12(15)19)31(27,28)26-17-7-30-8-24-17/h2-9,18,25-26H,1H3. The monoisotopic (exact) mass is 495 g/mol. The average Bonchev–Trinajstić information content (AvgIpc) is 3.17. The van der Waals surface area contributed by atoms with Crippen LogP contribution in [0.2, 0.25) is 5.02 Å². The van der Waals surface area contributed by atoms with E-state index in [-0.39, 0.29) is 27.8 Å². The highest BCUT2D eigenvalue weighted by Gasteiger charge is 2.23. The molecular weight excluding hydrogens is 482 g/mol. The number of benzene rings is 2. The highest BCUT2D eigenvalue weighted by molar-refractivity contribution is 7.92. The van der Waals surface area contributed by atoms with Gasteiger partial charge in [0.2, 0.25) is 0 Å². The average molecular weight is 496 g/mol. The van der Waals surface area contributed by atoms with Gasteiger partial charge in [0.1, 0.15) is 22.3 Å². The molecule has 31 heavy (non-hydrogen) atoms. The lowest BCUT2D eigenvalue weighted by atomic mass is 10.1. The Morgan fingerprint density at radius 1 is 1.16 bits per heavy atom. The zero-order valence-corrected chi connectivity index (χ0v) is 18.0. The van der Waals surface area contributed by atoms with Crippen molar-refractivity contribution in [3.05, 3.63) is 63.4 Å². The van der Waals surface area contributed by atoms with Gasteiger partial charge in [0.25, 0.3) is 10.0 Å². The molecule has 1 aromatic heterocycles. The molecule has 0 fully saturated rings. The molecule has 166 valence electrons. The van der Waals surface area contributed by atoms with Gasteiger partial charge >= 0.3 is 6.61 Å². The van der Waals surface area contributed by atoms with Crippen molar-refractivity contribution in [3.63, 3.8) is 0 Å². The molecule has 3 rings (SSSR count). The van der Waals surface area contributed by atoms with E-state index >= 15 is 0 Å². The van der Waals surface area contributed by atoms with E-state index in [1.807, 2.05) is 0 Å². The summed E-state index contributed by atoms with van der Waals surface area (Å²) in [5, 5.41) is 4.00. The van der Waals surface area contributed by atoms with Crippen molar-refractivity contribution >= 4 is 44.5 Å². The van der Waals surface area contributed by atoms with Crippen LogP contribution in [0.15, 0.2) is 46.1 Å². The van der Waals surface area contributed by atoms with Crippen LogP contribution in [-0.4, -0.2) is 20.0 Å². The highest BCUT2D eigenvalue weighted by atomic mass is 35.5. The minimum absolute atomic E-state index is 0.0257. The number of alkyl halides is 2. The lowest BCUT2D eigenvalue weighted by Crippen LogP contribution is -2.16. The zero-order valence-electron chi connectivity index (χ0n) is 15.6. The summed E-state index contributed by atoms with van der Waals surface area (Å²) in [5.41, 5.74) is 1.33. The highest BCUT2D eigenvalue weighted by Crippen LogP contribution is 2.33. The van der Waals surface area contributed by atoms with Crippen LogP contribution in [0.5, 0.6) is 5.75 Å². The Bertz CT molecular complexity index is 1180. The van der Waals surface area contributed by atoms with Crippen molar-refractivity contribution in [2.45, 2.75) is 24.5 Å². The molecule has 1 heterocycles. The number of nitrogens with one attached hydrogen (secondary N) is 2. The van der Waals surface area contributed by atoms with Crippen LogP contribution in [-0.2, 0) is 10.0 Å². The number of sulfonamides is 1. The van der Waals surface area contributed by atoms with Gasteiger partial charge in [0, 0.05) is 10.9 Å². The Balaban J connectivity index is 1.85. The first-order valence-corrected chi connectivity index (χ1v) is 11.3. The molecule has 3 aromatic rings. The number of ether oxygens (including phenoxy) is 1. The molecule has 1 unspecified atom stereocenters. The van der Waals surface area contributed by atoms with Gasteiger partial charge in [-0.2, -0.15) is 8.78 Å². The number of rotatable bonds is 8. The van der Waals surface area contributed by atoms with Gasteiger partial charge in [-0.3, -0.25) is 4.72 Å². The first-order chi connectivity index (χ1) is 14.6. The molecule has 1 atom stereocenters. The van der Waals surface area contributed by atoms with Crippen LogP contribution in [0.3, 0.4) is 0 Å². The third-order valence-corrected chi connectivity index (χ3v) is 6.28. The van der Waals surface area contributed by atoms with E-state index in [0.29, 0.717) is 0 Å². The van der Waals surface area contributed by atoms with Gasteiger partial charge in [0.05, 0.1) is 22.3 Å². The molecule has 0 amide bonds. The molecule has 2 aromatic carbocycles. The summed E-state index contributed by atoms with van der Waals surface area (Å²) >= 11 is 7.25. The Hall–Kier alpha value is -2.57. The van der Waals surface area contributed by atoms with Gasteiger partial charge in [-0.1, -0.05) is 11.6 Å². The first-order valence-electron chi connectivity index (χ1n) is 8.47. The summed E-state index contributed by atoms with van der Waals surface area (Å²) in [6.07, 6.45) is 0. The summed E-state index contributed by atoms with van der Waals surface area (Å²) in [6.45, 7) is -1.61. The van der Waals surface area contributed by atoms with Gasteiger partial charge in [-0.25, -0.2) is 22.2 Å². The normalized spacial score (nSPS) is 12.6. The fourth-order valence-electron chi connectivity index (χ4n) is 2.64. The molecule has 0 saturated carbocycles. The number of nitrogens with zero attached hydrogens (tertiary/aromatic N) is 1. The number of halogens is 5. The summed E-state index contributed by atoms with van der Waals surface area (Å²) in [7, 11) is -4.30. The predicted octanol–water partition coefficient (Wildman–Crippen LogP) is 5.65. The molecular formula is C18H14ClF4N3O3S2. The summed E-state index contributed by atoms with van der Waals surface area (Å²) in [6, 6.07) is 3.94. The number of thiazole rings is 1. The van der Waals surface area contributed by atoms with Crippen LogP contribution in [0.4, 0.5) is 29.1 Å². The lowest BCUT2D eigenvalue weighted by Gasteiger charge is -2.19. The Morgan fingerprint density at radius 3 is 2.55 bits per heavy atom. The van der Waals surface area contributed by atoms with Crippen LogP contribution in [0.1, 0.15) is 18.5 Å². The van der Waals surface area contributed by atoms with E-state index in [1.54, 1.807) is 0 Å². The largest absolute Gasteiger partial charge is 0.435 e. The topological polar surface area (TPSA) is 80.3 Å². The maximum absolute atomic E-state index is 14.6. The van der Waals surface area contributed by atoms with Crippen LogP contribution in [0.25, 0.3) is 0 Å². The molecule has 0 spiro atoms. The SMILES string of the molecule is CC(Nc1cc(F)c(S(=O)(=O)Nc2cscn2)cc1Cl)c1cc(OC(F)F)ccc1F. The van der Waals surface area contributed by atoms with Crippen LogP contribution < -0.4 is 14.8 Å². The zero-order chi connectivity index (χ0) is 22.8. The first kappa shape index (κ1) is 23.1. The van der Waals surface area contributed by atoms with Crippen molar-refractivity contribution in [3.8, 4) is 5.75 Å². The van der Waals surface area contributed by atoms with Crippen molar-refractivity contribution in [2.24, 2.45) is 0 Å². The van der Waals surface area contributed by atoms with Gasteiger partial charge < -0.3 is 10.1 Å². The Morgan fingerprint density at radius 2 is 1.90 bits per heavy atom. The van der Waals surface area contributed by atoms with E-state index in [2.05, 4.69) is 19.8 Å². The molecule has 0 radical (unpaired) electrons. The maximum Gasteiger partial charge on any atom is 0.387 e. The summed E-state index contributed by atoms with van der Waals surface area (Å²) in [5.74, 6) is -2.06. The minimum Gasteiger partial charge on any atom is -0.435 e. The van der Waals surface area contributed by atoms with Crippen molar-refractivity contribution in [1.29, 1.82) is 0 Å². The Kier molecular flexibility index (Phi) is 6.92. The fraction of sp³-hybridized carbons (Fsp3) is 0.167. The number of anilines is 2. The smallest absolute Gasteiger partial charge is 0.387 e. The van der Waals surface area contributed by atoms with E-state index in [0.717, 1.165) is 41.7 Å². The van der Waals surface area contributed by atoms with Crippen molar-refractivity contribution < 1.29 is 30.7 Å². The molecule has 0 bridgehead atoms. The fourth-order valence-corrected chi connectivity index (χ4v) is 4.57. The van der Waals surface area contributed by atoms with Crippen LogP contribution >= 0.6 is 22.9 Å². The van der Waals surface area contributed by atoms with Crippen molar-refractivity contribution in [1.82, 2.24) is 4.98 Å². The summed E-state index contributed by atoms with van der Waals surface area (Å²) < 4.78 is 84.7. The lowest BCUT2D eigenvalue weighted by molar-refractivity contribution is -0.0499. The van der Waals surface area contributed by atoms with E-state index in [4.69, 9.17) is 11.6 Å². The molecule has 2 N–H and O–H groups in total. The third-order valence-electron chi connectivity index (χ3n) is 4.01. The quantitative estimate of drug-likeness (QED) is 0.395. The van der Waals surface area contributed by atoms with E-state index < -0.39 is 39.2 Å². The second-order valence-electron chi connectivity index (χ2n) is 6.17. The number of hydrogen-bond donors (Lipinski definition) is 2. The molecule has 0 aliphatic rings. The predicted molar refractivity (Wildman–Crippen MR) is 109 cm³/mol. The molecule has 0 aliphatic carbocycles. The van der Waals surface area contributed by atoms with Crippen LogP contribution in [0, 0.1) is 11.6 Å². The molecule has 6 nitrogen and oxygen atoms in total. The minimum atomic E-state index is -4.30.